The minimum absolute atomic E-state index is 0.0452. The molecular formula is C10H11NO3. The predicted molar refractivity (Wildman–Crippen MR) is 49.6 cm³/mol. The molecule has 0 atom stereocenters. The first kappa shape index (κ1) is 8.99. The topological polar surface area (TPSA) is 70.2 Å². The Hall–Kier alpha value is -1.58. The number of carboxylic acids is 1. The molecule has 0 fully saturated rings. The monoisotopic (exact) mass is 193 g/mol. The van der Waals surface area contributed by atoms with Crippen molar-refractivity contribution in [2.75, 3.05) is 0 Å². The molecule has 0 spiro atoms. The summed E-state index contributed by atoms with van der Waals surface area (Å²) in [5, 5.41) is 8.87. The SMILES string of the molecule is O=C(O)c1c[nH]c2c1C(=O)CCCC2. The van der Waals surface area contributed by atoms with Gasteiger partial charge in [0.1, 0.15) is 0 Å². The van der Waals surface area contributed by atoms with E-state index in [9.17, 15) is 9.59 Å². The number of hydrogen-bond donors (Lipinski definition) is 2. The molecule has 0 bridgehead atoms. The molecule has 1 aliphatic carbocycles. The Labute approximate surface area is 80.9 Å². The Kier molecular flexibility index (Phi) is 2.11. The molecule has 0 aromatic carbocycles. The molecule has 0 amide bonds. The van der Waals surface area contributed by atoms with Crippen LogP contribution in [0.4, 0.5) is 0 Å². The van der Waals surface area contributed by atoms with Crippen LogP contribution in [0.15, 0.2) is 6.20 Å². The zero-order chi connectivity index (χ0) is 10.1. The molecule has 4 heteroatoms. The predicted octanol–water partition coefficient (Wildman–Crippen LogP) is 1.62. The van der Waals surface area contributed by atoms with Crippen LogP contribution in [0.3, 0.4) is 0 Å². The van der Waals surface area contributed by atoms with Crippen molar-refractivity contribution in [1.29, 1.82) is 0 Å². The molecule has 14 heavy (non-hydrogen) atoms. The average Bonchev–Trinajstić information content (AvgIpc) is 2.48. The Balaban J connectivity index is 2.52. The quantitative estimate of drug-likeness (QED) is 0.666. The first-order valence-corrected chi connectivity index (χ1v) is 4.67. The van der Waals surface area contributed by atoms with E-state index in [2.05, 4.69) is 4.98 Å². The Morgan fingerprint density at radius 3 is 2.79 bits per heavy atom. The van der Waals surface area contributed by atoms with E-state index >= 15 is 0 Å². The van der Waals surface area contributed by atoms with E-state index in [1.165, 1.54) is 6.20 Å². The van der Waals surface area contributed by atoms with Crippen LogP contribution in [-0.4, -0.2) is 21.8 Å². The van der Waals surface area contributed by atoms with Crippen molar-refractivity contribution in [3.05, 3.63) is 23.0 Å². The fraction of sp³-hybridized carbons (Fsp3) is 0.400. The van der Waals surface area contributed by atoms with Gasteiger partial charge >= 0.3 is 5.97 Å². The second-order valence-electron chi connectivity index (χ2n) is 3.49. The Morgan fingerprint density at radius 1 is 1.36 bits per heavy atom. The van der Waals surface area contributed by atoms with E-state index in [-0.39, 0.29) is 11.3 Å². The van der Waals surface area contributed by atoms with Crippen molar-refractivity contribution in [2.24, 2.45) is 0 Å². The highest BCUT2D eigenvalue weighted by molar-refractivity contribution is 6.07. The highest BCUT2D eigenvalue weighted by atomic mass is 16.4. The van der Waals surface area contributed by atoms with Gasteiger partial charge in [0.25, 0.3) is 0 Å². The summed E-state index contributed by atoms with van der Waals surface area (Å²) in [5.74, 6) is -1.08. The van der Waals surface area contributed by atoms with Gasteiger partial charge in [0.2, 0.25) is 0 Å². The van der Waals surface area contributed by atoms with Crippen molar-refractivity contribution in [3.8, 4) is 0 Å². The van der Waals surface area contributed by atoms with Crippen molar-refractivity contribution in [3.63, 3.8) is 0 Å². The summed E-state index contributed by atoms with van der Waals surface area (Å²) in [5.41, 5.74) is 1.30. The fourth-order valence-electron chi connectivity index (χ4n) is 1.86. The molecule has 0 unspecified atom stereocenters. The van der Waals surface area contributed by atoms with Gasteiger partial charge in [0.15, 0.2) is 5.78 Å². The largest absolute Gasteiger partial charge is 0.478 e. The zero-order valence-electron chi connectivity index (χ0n) is 7.67. The molecule has 4 nitrogen and oxygen atoms in total. The molecule has 74 valence electrons. The molecule has 1 heterocycles. The number of hydrogen-bond acceptors (Lipinski definition) is 2. The van der Waals surface area contributed by atoms with Crippen LogP contribution in [0, 0.1) is 0 Å². The molecule has 0 radical (unpaired) electrons. The number of carboxylic acid groups (broad SMARTS) is 1. The molecule has 2 rings (SSSR count). The maximum Gasteiger partial charge on any atom is 0.337 e. The van der Waals surface area contributed by atoms with Crippen LogP contribution in [0.5, 0.6) is 0 Å². The lowest BCUT2D eigenvalue weighted by molar-refractivity contribution is 0.0692. The second-order valence-corrected chi connectivity index (χ2v) is 3.49. The first-order chi connectivity index (χ1) is 6.70. The van der Waals surface area contributed by atoms with Gasteiger partial charge in [-0.05, 0) is 19.3 Å². The molecule has 1 aromatic rings. The summed E-state index contributed by atoms with van der Waals surface area (Å²) >= 11 is 0. The third-order valence-electron chi connectivity index (χ3n) is 2.55. The fourth-order valence-corrected chi connectivity index (χ4v) is 1.86. The van der Waals surface area contributed by atoms with Crippen LogP contribution in [0.2, 0.25) is 0 Å². The summed E-state index contributed by atoms with van der Waals surface area (Å²) in [6.07, 6.45) is 4.44. The van der Waals surface area contributed by atoms with Gasteiger partial charge in [-0.25, -0.2) is 4.79 Å². The molecule has 1 aliphatic rings. The van der Waals surface area contributed by atoms with Gasteiger partial charge in [-0.3, -0.25) is 4.79 Å². The summed E-state index contributed by atoms with van der Waals surface area (Å²) in [7, 11) is 0. The van der Waals surface area contributed by atoms with Crippen LogP contribution < -0.4 is 0 Å². The van der Waals surface area contributed by atoms with E-state index in [4.69, 9.17) is 5.11 Å². The summed E-state index contributed by atoms with van der Waals surface area (Å²) in [6, 6.07) is 0. The number of H-pyrrole nitrogens is 1. The molecule has 0 aliphatic heterocycles. The molecule has 0 saturated heterocycles. The van der Waals surface area contributed by atoms with Crippen LogP contribution in [-0.2, 0) is 6.42 Å². The number of aromatic amines is 1. The van der Waals surface area contributed by atoms with Gasteiger partial charge in [0, 0.05) is 18.3 Å². The van der Waals surface area contributed by atoms with Crippen molar-refractivity contribution in [1.82, 2.24) is 4.98 Å². The van der Waals surface area contributed by atoms with E-state index < -0.39 is 5.97 Å². The smallest absolute Gasteiger partial charge is 0.337 e. The highest BCUT2D eigenvalue weighted by Gasteiger charge is 2.23. The summed E-state index contributed by atoms with van der Waals surface area (Å²) < 4.78 is 0. The third-order valence-corrected chi connectivity index (χ3v) is 2.55. The van der Waals surface area contributed by atoms with Crippen molar-refractivity contribution in [2.45, 2.75) is 25.7 Å². The lowest BCUT2D eigenvalue weighted by Gasteiger charge is -1.97. The van der Waals surface area contributed by atoms with Crippen molar-refractivity contribution < 1.29 is 14.7 Å². The zero-order valence-corrected chi connectivity index (χ0v) is 7.67. The maximum atomic E-state index is 11.6. The third kappa shape index (κ3) is 1.32. The lowest BCUT2D eigenvalue weighted by Crippen LogP contribution is -2.06. The van der Waals surface area contributed by atoms with Gasteiger partial charge in [-0.15, -0.1) is 0 Å². The maximum absolute atomic E-state index is 11.6. The second kappa shape index (κ2) is 3.29. The number of aryl methyl sites for hydroxylation is 1. The van der Waals surface area contributed by atoms with E-state index in [0.717, 1.165) is 25.0 Å². The van der Waals surface area contributed by atoms with Gasteiger partial charge in [-0.1, -0.05) is 0 Å². The summed E-state index contributed by atoms with van der Waals surface area (Å²) in [6.45, 7) is 0. The van der Waals surface area contributed by atoms with Crippen LogP contribution >= 0.6 is 0 Å². The Bertz CT molecular complexity index is 392. The molecule has 2 N–H and O–H groups in total. The first-order valence-electron chi connectivity index (χ1n) is 4.67. The minimum Gasteiger partial charge on any atom is -0.478 e. The van der Waals surface area contributed by atoms with Gasteiger partial charge in [-0.2, -0.15) is 0 Å². The number of carbonyl (C=O) groups excluding carboxylic acids is 1. The number of aromatic carboxylic acids is 1. The number of nitrogens with one attached hydrogen (secondary N) is 1. The summed E-state index contributed by atoms with van der Waals surface area (Å²) in [4.78, 5) is 25.3. The number of ketones is 1. The lowest BCUT2D eigenvalue weighted by atomic mass is 10.1. The van der Waals surface area contributed by atoms with Crippen LogP contribution in [0.1, 0.15) is 45.7 Å². The Morgan fingerprint density at radius 2 is 2.07 bits per heavy atom. The standard InChI is InChI=1S/C10H11NO3/c12-8-4-2-1-3-7-9(8)6(5-11-7)10(13)14/h5,11H,1-4H2,(H,13,14). The number of rotatable bonds is 1. The van der Waals surface area contributed by atoms with Gasteiger partial charge in [0.05, 0.1) is 11.1 Å². The van der Waals surface area contributed by atoms with Crippen molar-refractivity contribution >= 4 is 11.8 Å². The van der Waals surface area contributed by atoms with Crippen LogP contribution in [0.25, 0.3) is 0 Å². The molecule has 1 aromatic heterocycles. The number of Topliss-reactive ketones (excluding diaryl/α,β-unsaturated/α-hetero) is 1. The van der Waals surface area contributed by atoms with E-state index in [0.29, 0.717) is 12.0 Å². The average molecular weight is 193 g/mol. The minimum atomic E-state index is -1.03. The normalized spacial score (nSPS) is 16.1. The molecule has 0 saturated carbocycles. The van der Waals surface area contributed by atoms with E-state index in [1.54, 1.807) is 0 Å². The highest BCUT2D eigenvalue weighted by Crippen LogP contribution is 2.23. The van der Waals surface area contributed by atoms with E-state index in [1.807, 2.05) is 0 Å². The number of aromatic nitrogens is 1. The number of carbonyl (C=O) groups is 2. The number of fused-ring (bicyclic) bond motifs is 1. The molecular weight excluding hydrogens is 182 g/mol. The van der Waals surface area contributed by atoms with Gasteiger partial charge < -0.3 is 10.1 Å².